The Labute approximate surface area is 203 Å². The van der Waals surface area contributed by atoms with Gasteiger partial charge in [0.25, 0.3) is 0 Å². The summed E-state index contributed by atoms with van der Waals surface area (Å²) in [4.78, 5) is 12.8. The Balaban J connectivity index is 1.57. The van der Waals surface area contributed by atoms with Gasteiger partial charge in [0.2, 0.25) is 0 Å². The minimum absolute atomic E-state index is 0.249. The fraction of sp³-hybridized carbons (Fsp3) is 0.903. The number of aliphatic carboxylic acids is 1. The van der Waals surface area contributed by atoms with E-state index in [1.807, 2.05) is 0 Å². The summed E-state index contributed by atoms with van der Waals surface area (Å²) in [7, 11) is 0. The third kappa shape index (κ3) is 2.76. The molecular weight excluding hydrogens is 404 g/mol. The van der Waals surface area contributed by atoms with Crippen LogP contribution in [0.5, 0.6) is 0 Å². The molecule has 5 fully saturated rings. The van der Waals surface area contributed by atoms with Gasteiger partial charge in [-0.3, -0.25) is 4.79 Å². The Morgan fingerprint density at radius 3 is 2.15 bits per heavy atom. The number of carboxylic acids is 1. The highest BCUT2D eigenvalue weighted by Gasteiger charge is 2.71. The first-order valence-electron chi connectivity index (χ1n) is 14.1. The maximum Gasteiger partial charge on any atom is 0.309 e. The zero-order valence-electron chi connectivity index (χ0n) is 22.6. The molecule has 5 aliphatic rings. The van der Waals surface area contributed by atoms with Crippen molar-refractivity contribution in [2.24, 2.45) is 62.6 Å². The topological polar surface area (TPSA) is 37.3 Å². The Morgan fingerprint density at radius 1 is 0.818 bits per heavy atom. The number of carboxylic acid groups (broad SMARTS) is 1. The largest absolute Gasteiger partial charge is 0.481 e. The van der Waals surface area contributed by atoms with Crippen molar-refractivity contribution in [1.82, 2.24) is 0 Å². The number of hydrogen-bond acceptors (Lipinski definition) is 1. The Morgan fingerprint density at radius 2 is 1.52 bits per heavy atom. The normalized spacial score (nSPS) is 55.0. The van der Waals surface area contributed by atoms with Gasteiger partial charge in [-0.05, 0) is 128 Å². The van der Waals surface area contributed by atoms with Gasteiger partial charge < -0.3 is 5.11 Å². The van der Waals surface area contributed by atoms with Gasteiger partial charge in [-0.2, -0.15) is 0 Å². The summed E-state index contributed by atoms with van der Waals surface area (Å²) in [6.45, 7) is 22.1. The molecule has 1 unspecified atom stereocenters. The molecule has 5 aliphatic carbocycles. The standard InChI is InChI=1S/C31H50O2/c1-19(2)21-12-16-31(26(32)33)18-17-29(7)22(25(21)31)9-10-24-28(6)14-11-20(3)27(4,5)23(28)13-15-30(24,29)8/h20-25H,1,9-18H2,2-8H3,(H,32,33)/t20?,21-,22+,23-,24+,25+,28-,29+,30+,31-/m0/s1. The molecular formula is C31H50O2. The Kier molecular flexibility index (Phi) is 5.17. The van der Waals surface area contributed by atoms with Crippen molar-refractivity contribution in [3.05, 3.63) is 12.2 Å². The van der Waals surface area contributed by atoms with Gasteiger partial charge in [-0.1, -0.05) is 53.7 Å². The predicted molar refractivity (Wildman–Crippen MR) is 136 cm³/mol. The van der Waals surface area contributed by atoms with Crippen molar-refractivity contribution in [1.29, 1.82) is 0 Å². The summed E-state index contributed by atoms with van der Waals surface area (Å²) in [5.41, 5.74) is 2.16. The highest BCUT2D eigenvalue weighted by molar-refractivity contribution is 5.76. The second kappa shape index (κ2) is 7.13. The van der Waals surface area contributed by atoms with E-state index in [-0.39, 0.29) is 11.3 Å². The summed E-state index contributed by atoms with van der Waals surface area (Å²) in [6, 6.07) is 0. The molecule has 0 aliphatic heterocycles. The molecule has 0 heterocycles. The lowest BCUT2D eigenvalue weighted by Gasteiger charge is -2.73. The van der Waals surface area contributed by atoms with Crippen LogP contribution in [0.15, 0.2) is 12.2 Å². The van der Waals surface area contributed by atoms with Crippen molar-refractivity contribution < 1.29 is 9.90 Å². The summed E-state index contributed by atoms with van der Waals surface area (Å²) in [6.07, 6.45) is 11.9. The van der Waals surface area contributed by atoms with Gasteiger partial charge in [0.15, 0.2) is 0 Å². The van der Waals surface area contributed by atoms with E-state index < -0.39 is 11.4 Å². The fourth-order valence-electron chi connectivity index (χ4n) is 11.7. The third-order valence-corrected chi connectivity index (χ3v) is 14.0. The summed E-state index contributed by atoms with van der Waals surface area (Å²) < 4.78 is 0. The molecule has 5 rings (SSSR count). The SMILES string of the molecule is C=C(C)[C@@H]1CC[C@]2(C(=O)O)CC[C@]3(C)[C@H](CC[C@@H]4[C@@]5(C)CCC(C)C(C)(C)[C@@H]5CC[C@]43C)[C@@H]12. The quantitative estimate of drug-likeness (QED) is 0.425. The number of carbonyl (C=O) groups is 1. The van der Waals surface area contributed by atoms with Crippen LogP contribution in [0, 0.1) is 62.6 Å². The van der Waals surface area contributed by atoms with Crippen LogP contribution in [0.4, 0.5) is 0 Å². The molecule has 0 saturated heterocycles. The van der Waals surface area contributed by atoms with E-state index in [1.54, 1.807) is 0 Å². The molecule has 5 saturated carbocycles. The van der Waals surface area contributed by atoms with Crippen molar-refractivity contribution in [3.8, 4) is 0 Å². The van der Waals surface area contributed by atoms with Crippen molar-refractivity contribution >= 4 is 5.97 Å². The number of fused-ring (bicyclic) bond motifs is 7. The van der Waals surface area contributed by atoms with Crippen LogP contribution in [0.1, 0.15) is 113 Å². The molecule has 0 radical (unpaired) electrons. The Hall–Kier alpha value is -0.790. The summed E-state index contributed by atoms with van der Waals surface area (Å²) in [5.74, 6) is 3.12. The van der Waals surface area contributed by atoms with Crippen molar-refractivity contribution in [3.63, 3.8) is 0 Å². The molecule has 33 heavy (non-hydrogen) atoms. The lowest BCUT2D eigenvalue weighted by Crippen LogP contribution is -2.66. The van der Waals surface area contributed by atoms with Gasteiger partial charge in [-0.15, -0.1) is 0 Å². The summed E-state index contributed by atoms with van der Waals surface area (Å²) in [5, 5.41) is 10.5. The highest BCUT2D eigenvalue weighted by Crippen LogP contribution is 2.77. The first kappa shape index (κ1) is 23.9. The molecule has 10 atom stereocenters. The average Bonchev–Trinajstić information content (AvgIpc) is 3.13. The highest BCUT2D eigenvalue weighted by atomic mass is 16.4. The maximum atomic E-state index is 12.8. The van der Waals surface area contributed by atoms with Crippen molar-refractivity contribution in [2.75, 3.05) is 0 Å². The molecule has 2 heteroatoms. The molecule has 2 nitrogen and oxygen atoms in total. The lowest BCUT2D eigenvalue weighted by atomic mass is 9.32. The molecule has 1 N–H and O–H groups in total. The second-order valence-corrected chi connectivity index (χ2v) is 14.9. The monoisotopic (exact) mass is 454 g/mol. The van der Waals surface area contributed by atoms with E-state index in [4.69, 9.17) is 0 Å². The van der Waals surface area contributed by atoms with Gasteiger partial charge in [0, 0.05) is 0 Å². The van der Waals surface area contributed by atoms with Crippen LogP contribution in [-0.4, -0.2) is 11.1 Å². The van der Waals surface area contributed by atoms with E-state index in [0.717, 1.165) is 43.4 Å². The predicted octanol–water partition coefficient (Wildman–Crippen LogP) is 8.36. The lowest BCUT2D eigenvalue weighted by molar-refractivity contribution is -0.242. The molecule has 0 amide bonds. The molecule has 0 aromatic heterocycles. The van der Waals surface area contributed by atoms with Crippen LogP contribution in [0.25, 0.3) is 0 Å². The third-order valence-electron chi connectivity index (χ3n) is 14.0. The Bertz CT molecular complexity index is 857. The van der Waals surface area contributed by atoms with E-state index in [9.17, 15) is 9.90 Å². The number of hydrogen-bond donors (Lipinski definition) is 1. The van der Waals surface area contributed by atoms with E-state index in [0.29, 0.717) is 28.1 Å². The van der Waals surface area contributed by atoms with E-state index >= 15 is 0 Å². The van der Waals surface area contributed by atoms with Crippen molar-refractivity contribution in [2.45, 2.75) is 113 Å². The first-order valence-corrected chi connectivity index (χ1v) is 14.1. The fourth-order valence-corrected chi connectivity index (χ4v) is 11.7. The van der Waals surface area contributed by atoms with Crippen LogP contribution >= 0.6 is 0 Å². The molecule has 0 aromatic rings. The summed E-state index contributed by atoms with van der Waals surface area (Å²) >= 11 is 0. The smallest absolute Gasteiger partial charge is 0.309 e. The minimum atomic E-state index is -0.510. The van der Waals surface area contributed by atoms with Crippen LogP contribution in [-0.2, 0) is 4.79 Å². The maximum absolute atomic E-state index is 12.8. The van der Waals surface area contributed by atoms with Crippen LogP contribution in [0.3, 0.4) is 0 Å². The molecule has 0 aromatic carbocycles. The number of allylic oxidation sites excluding steroid dienone is 1. The molecule has 186 valence electrons. The zero-order valence-corrected chi connectivity index (χ0v) is 22.6. The first-order chi connectivity index (χ1) is 15.3. The van der Waals surface area contributed by atoms with E-state index in [1.165, 1.54) is 44.1 Å². The van der Waals surface area contributed by atoms with Crippen LogP contribution in [0.2, 0.25) is 0 Å². The van der Waals surface area contributed by atoms with Crippen LogP contribution < -0.4 is 0 Å². The van der Waals surface area contributed by atoms with Gasteiger partial charge in [-0.25, -0.2) is 0 Å². The van der Waals surface area contributed by atoms with E-state index in [2.05, 4.69) is 55.0 Å². The zero-order chi connectivity index (χ0) is 24.2. The minimum Gasteiger partial charge on any atom is -0.481 e. The average molecular weight is 455 g/mol. The van der Waals surface area contributed by atoms with Gasteiger partial charge >= 0.3 is 5.97 Å². The van der Waals surface area contributed by atoms with Gasteiger partial charge in [0.1, 0.15) is 0 Å². The van der Waals surface area contributed by atoms with Gasteiger partial charge in [0.05, 0.1) is 5.41 Å². The molecule has 0 bridgehead atoms. The molecule has 0 spiro atoms. The second-order valence-electron chi connectivity index (χ2n) is 14.9. The number of rotatable bonds is 2.